The Hall–Kier alpha value is -6.14. The van der Waals surface area contributed by atoms with E-state index in [4.69, 9.17) is 14.2 Å². The molecule has 3 amide bonds. The van der Waals surface area contributed by atoms with Crippen LogP contribution in [0.5, 0.6) is 17.2 Å². The second-order valence-corrected chi connectivity index (χ2v) is 24.7. The van der Waals surface area contributed by atoms with Gasteiger partial charge in [0.05, 0.1) is 13.7 Å². The number of ketones is 1. The molecule has 0 saturated carbocycles. The van der Waals surface area contributed by atoms with Crippen molar-refractivity contribution in [2.75, 3.05) is 34.5 Å². The summed E-state index contributed by atoms with van der Waals surface area (Å²) in [4.78, 5) is 62.1. The number of carbonyl (C=O) groups excluding carboxylic acids is 4. The van der Waals surface area contributed by atoms with Crippen molar-refractivity contribution >= 4 is 78.5 Å². The van der Waals surface area contributed by atoms with Crippen LogP contribution in [0.1, 0.15) is 113 Å². The van der Waals surface area contributed by atoms with E-state index in [0.29, 0.717) is 46.9 Å². The highest BCUT2D eigenvalue weighted by Gasteiger charge is 2.39. The van der Waals surface area contributed by atoms with Crippen molar-refractivity contribution in [1.82, 2.24) is 0 Å². The Labute approximate surface area is 441 Å². The van der Waals surface area contributed by atoms with Crippen LogP contribution in [0.15, 0.2) is 96.0 Å². The van der Waals surface area contributed by atoms with Crippen molar-refractivity contribution in [2.24, 2.45) is 4.99 Å². The Morgan fingerprint density at radius 2 is 1.38 bits per heavy atom. The SMILES string of the molecule is CC=NCC(=O)C(CCSSC(C)(C)CCC(=O)Nc1cc(COc2cc3c(cc2C)C(=O)N2c4ccccc4C[C@H]2CC3)cc(COc2cc3c(cc2OC)C(=O)N2c4ccccc4C[C@H]2CC3)c1)S(=O)(=O)O. The number of aryl methyl sites for hydroxylation is 3. The smallest absolute Gasteiger partial charge is 0.275 e. The molecule has 1 unspecified atom stereocenters. The van der Waals surface area contributed by atoms with Crippen LogP contribution < -0.4 is 29.3 Å². The van der Waals surface area contributed by atoms with E-state index in [-0.39, 0.29) is 68.2 Å². The van der Waals surface area contributed by atoms with Gasteiger partial charge in [-0.3, -0.25) is 28.7 Å². The fourth-order valence-corrected chi connectivity index (χ4v) is 14.2. The number of rotatable bonds is 20. The third-order valence-electron chi connectivity index (χ3n) is 14.3. The molecule has 4 aliphatic rings. The molecule has 388 valence electrons. The molecule has 74 heavy (non-hydrogen) atoms. The number of hydrogen-bond acceptors (Lipinski definition) is 12. The number of nitrogens with one attached hydrogen (secondary N) is 1. The van der Waals surface area contributed by atoms with Gasteiger partial charge >= 0.3 is 0 Å². The summed E-state index contributed by atoms with van der Waals surface area (Å²) in [5.74, 6) is 0.970. The van der Waals surface area contributed by atoms with Crippen molar-refractivity contribution in [1.29, 1.82) is 0 Å². The Bertz CT molecular complexity index is 3140. The van der Waals surface area contributed by atoms with E-state index in [0.717, 1.165) is 71.3 Å². The Morgan fingerprint density at radius 3 is 1.96 bits per heavy atom. The molecule has 9 rings (SSSR count). The predicted molar refractivity (Wildman–Crippen MR) is 293 cm³/mol. The van der Waals surface area contributed by atoms with Gasteiger partial charge in [0.1, 0.15) is 24.2 Å². The molecular formula is C57H62N4O10S3. The molecule has 0 aromatic heterocycles. The fourth-order valence-electron chi connectivity index (χ4n) is 10.5. The number of benzene rings is 5. The molecule has 4 aliphatic heterocycles. The van der Waals surface area contributed by atoms with Crippen LogP contribution in [0.4, 0.5) is 17.1 Å². The van der Waals surface area contributed by atoms with Gasteiger partial charge < -0.3 is 29.3 Å². The van der Waals surface area contributed by atoms with Gasteiger partial charge in [-0.05, 0) is 179 Å². The number of para-hydroxylation sites is 2. The van der Waals surface area contributed by atoms with Crippen LogP contribution in [0.25, 0.3) is 0 Å². The first-order valence-corrected chi connectivity index (χ1v) is 28.9. The number of nitrogens with zero attached hydrogens (tertiary/aromatic N) is 3. The fraction of sp³-hybridized carbons (Fsp3) is 0.386. The van der Waals surface area contributed by atoms with Gasteiger partial charge in [0.25, 0.3) is 21.9 Å². The molecule has 5 aromatic carbocycles. The zero-order chi connectivity index (χ0) is 52.3. The maximum absolute atomic E-state index is 14.2. The van der Waals surface area contributed by atoms with Crippen molar-refractivity contribution in [3.05, 3.63) is 141 Å². The second kappa shape index (κ2) is 22.4. The lowest BCUT2D eigenvalue weighted by atomic mass is 9.98. The molecule has 0 aliphatic carbocycles. The van der Waals surface area contributed by atoms with Crippen LogP contribution in [-0.2, 0) is 58.6 Å². The van der Waals surface area contributed by atoms with Crippen molar-refractivity contribution in [2.45, 2.75) is 121 Å². The van der Waals surface area contributed by atoms with Gasteiger partial charge in [-0.15, -0.1) is 0 Å². The minimum absolute atomic E-state index is 0.00964. The van der Waals surface area contributed by atoms with Crippen LogP contribution in [0.2, 0.25) is 0 Å². The minimum atomic E-state index is -4.59. The average molecular weight is 1060 g/mol. The summed E-state index contributed by atoms with van der Waals surface area (Å²) in [5.41, 5.74) is 10.4. The van der Waals surface area contributed by atoms with Gasteiger partial charge in [0, 0.05) is 57.2 Å². The monoisotopic (exact) mass is 1060 g/mol. The molecule has 0 fully saturated rings. The quantitative estimate of drug-likeness (QED) is 0.0326. The van der Waals surface area contributed by atoms with E-state index < -0.39 is 25.9 Å². The van der Waals surface area contributed by atoms with Crippen LogP contribution in [-0.4, -0.2) is 84.2 Å². The lowest BCUT2D eigenvalue weighted by molar-refractivity contribution is -0.117. The van der Waals surface area contributed by atoms with Gasteiger partial charge in [-0.1, -0.05) is 58.0 Å². The molecule has 0 radical (unpaired) electrons. The first-order valence-electron chi connectivity index (χ1n) is 25.1. The Balaban J connectivity index is 0.905. The van der Waals surface area contributed by atoms with Crippen molar-refractivity contribution < 1.29 is 46.4 Å². The zero-order valence-corrected chi connectivity index (χ0v) is 44.8. The van der Waals surface area contributed by atoms with E-state index in [1.165, 1.54) is 38.9 Å². The molecule has 0 saturated heterocycles. The van der Waals surface area contributed by atoms with E-state index in [1.54, 1.807) is 20.1 Å². The van der Waals surface area contributed by atoms with E-state index in [9.17, 15) is 32.1 Å². The molecule has 4 heterocycles. The number of aliphatic imine (C=N–C) groups is 1. The molecule has 17 heteroatoms. The lowest BCUT2D eigenvalue weighted by Gasteiger charge is -2.23. The van der Waals surface area contributed by atoms with Crippen LogP contribution in [0, 0.1) is 6.92 Å². The minimum Gasteiger partial charge on any atom is -0.493 e. The largest absolute Gasteiger partial charge is 0.493 e. The summed E-state index contributed by atoms with van der Waals surface area (Å²) >= 11 is 0. The molecule has 14 nitrogen and oxygen atoms in total. The summed E-state index contributed by atoms with van der Waals surface area (Å²) in [6, 6.07) is 29.7. The molecule has 2 N–H and O–H groups in total. The lowest BCUT2D eigenvalue weighted by Crippen LogP contribution is -2.36. The number of fused-ring (bicyclic) bond motifs is 8. The molecule has 0 bridgehead atoms. The van der Waals surface area contributed by atoms with E-state index >= 15 is 0 Å². The summed E-state index contributed by atoms with van der Waals surface area (Å²) in [7, 11) is -0.165. The van der Waals surface area contributed by atoms with Crippen LogP contribution in [0.3, 0.4) is 0 Å². The number of ether oxygens (including phenoxy) is 3. The van der Waals surface area contributed by atoms with E-state index in [2.05, 4.69) is 22.4 Å². The first-order chi connectivity index (χ1) is 35.5. The highest BCUT2D eigenvalue weighted by Crippen LogP contribution is 2.43. The molecule has 3 atom stereocenters. The van der Waals surface area contributed by atoms with Crippen LogP contribution >= 0.6 is 21.6 Å². The second-order valence-electron chi connectivity index (χ2n) is 20.0. The van der Waals surface area contributed by atoms with Gasteiger partial charge in [0.2, 0.25) is 5.91 Å². The normalized spacial score (nSPS) is 17.3. The number of Topliss-reactive ketones (excluding diaryl/α,β-unsaturated/α-hetero) is 1. The van der Waals surface area contributed by atoms with Gasteiger partial charge in [-0.25, -0.2) is 0 Å². The number of hydrogen-bond donors (Lipinski definition) is 2. The van der Waals surface area contributed by atoms with E-state index in [1.807, 2.05) is 103 Å². The molecular weight excluding hydrogens is 997 g/mol. The Morgan fingerprint density at radius 1 is 0.811 bits per heavy atom. The Kier molecular flexibility index (Phi) is 15.9. The summed E-state index contributed by atoms with van der Waals surface area (Å²) in [6.07, 6.45) is 6.74. The van der Waals surface area contributed by atoms with Gasteiger partial charge in [0.15, 0.2) is 17.3 Å². The number of methoxy groups -OCH3 is 1. The molecule has 5 aromatic rings. The summed E-state index contributed by atoms with van der Waals surface area (Å²) in [5, 5.41) is 1.54. The standard InChI is InChI=1S/C57H62N4O10S3/c1-6-58-32-49(62)53(74(66,67)68)20-22-72-73-57(3,4)21-19-54(63)59-42-25-36(33-70-50-29-38-15-17-43-27-40-11-7-9-13-47(40)60(43)55(64)45(38)23-35(50)2)24-37(26-42)34-71-52-30-39-16-18-44-28-41-12-8-10-14-48(41)61(44)56(65)46(39)31-51(52)69-5/h6-14,23-26,29-31,43-44,53H,15-22,27-28,32-34H2,1-5H3,(H,59,63)(H,66,67,68)/t43-,44-,53?/m1/s1. The first kappa shape index (κ1) is 52.7. The number of amides is 3. The predicted octanol–water partition coefficient (Wildman–Crippen LogP) is 10.4. The highest BCUT2D eigenvalue weighted by molar-refractivity contribution is 8.77. The number of anilines is 3. The van der Waals surface area contributed by atoms with Gasteiger partial charge in [-0.2, -0.15) is 8.42 Å². The third-order valence-corrected chi connectivity index (χ3v) is 18.9. The zero-order valence-electron chi connectivity index (χ0n) is 42.3. The molecule has 0 spiro atoms. The average Bonchev–Trinajstić information content (AvgIpc) is 3.87. The van der Waals surface area contributed by atoms with Crippen molar-refractivity contribution in [3.8, 4) is 17.2 Å². The summed E-state index contributed by atoms with van der Waals surface area (Å²) in [6.45, 7) is 7.50. The third kappa shape index (κ3) is 11.7. The highest BCUT2D eigenvalue weighted by atomic mass is 33.1. The topological polar surface area (TPSA) is 181 Å². The number of carbonyl (C=O) groups is 4. The summed E-state index contributed by atoms with van der Waals surface area (Å²) < 4.78 is 52.2. The maximum atomic E-state index is 14.2. The maximum Gasteiger partial charge on any atom is 0.275 e. The van der Waals surface area contributed by atoms with Crippen molar-refractivity contribution in [3.63, 3.8) is 0 Å².